The summed E-state index contributed by atoms with van der Waals surface area (Å²) in [5, 5.41) is 0.0441. The van der Waals surface area contributed by atoms with E-state index in [1.165, 1.54) is 12.3 Å². The highest BCUT2D eigenvalue weighted by atomic mass is 35.5. The Labute approximate surface area is 174 Å². The fourth-order valence-corrected chi connectivity index (χ4v) is 3.09. The lowest BCUT2D eigenvalue weighted by molar-refractivity contribution is -0.141. The second kappa shape index (κ2) is 9.85. The summed E-state index contributed by atoms with van der Waals surface area (Å²) < 4.78 is 5.38. The van der Waals surface area contributed by atoms with Crippen molar-refractivity contribution >= 4 is 23.5 Å². The summed E-state index contributed by atoms with van der Waals surface area (Å²) in [6, 6.07) is 22.5. The summed E-state index contributed by atoms with van der Waals surface area (Å²) >= 11 is 5.95. The van der Waals surface area contributed by atoms with Crippen LogP contribution in [0.3, 0.4) is 0 Å². The zero-order valence-corrected chi connectivity index (χ0v) is 16.8. The van der Waals surface area contributed by atoms with Crippen LogP contribution in [0.2, 0.25) is 5.15 Å². The number of halogens is 1. The fourth-order valence-electron chi connectivity index (χ4n) is 2.89. The van der Waals surface area contributed by atoms with Crippen LogP contribution in [0.15, 0.2) is 79.0 Å². The van der Waals surface area contributed by atoms with Gasteiger partial charge in [0.1, 0.15) is 5.15 Å². The van der Waals surface area contributed by atoms with Gasteiger partial charge in [0.15, 0.2) is 6.10 Å². The molecule has 148 valence electrons. The minimum Gasteiger partial charge on any atom is -0.449 e. The van der Waals surface area contributed by atoms with Crippen LogP contribution in [0.1, 0.15) is 28.4 Å². The molecule has 0 unspecified atom stereocenters. The van der Waals surface area contributed by atoms with E-state index in [2.05, 4.69) is 4.98 Å². The van der Waals surface area contributed by atoms with Gasteiger partial charge in [0.05, 0.1) is 5.56 Å². The molecule has 0 bridgehead atoms. The number of esters is 1. The Hall–Kier alpha value is -3.18. The lowest BCUT2D eigenvalue weighted by Crippen LogP contribution is -2.39. The first kappa shape index (κ1) is 20.6. The van der Waals surface area contributed by atoms with Gasteiger partial charge in [0.2, 0.25) is 0 Å². The molecule has 1 heterocycles. The SMILES string of the molecule is C[C@H](OC(=O)c1cccnc1Cl)C(=O)N(Cc1ccccc1)Cc1ccccc1. The van der Waals surface area contributed by atoms with Crippen LogP contribution in [-0.4, -0.2) is 27.9 Å². The molecule has 29 heavy (non-hydrogen) atoms. The highest BCUT2D eigenvalue weighted by Crippen LogP contribution is 2.16. The molecule has 0 N–H and O–H groups in total. The number of amides is 1. The van der Waals surface area contributed by atoms with Crippen molar-refractivity contribution in [3.63, 3.8) is 0 Å². The summed E-state index contributed by atoms with van der Waals surface area (Å²) in [5.74, 6) is -0.964. The Balaban J connectivity index is 1.75. The minimum absolute atomic E-state index is 0.0441. The zero-order valence-electron chi connectivity index (χ0n) is 16.0. The average molecular weight is 409 g/mol. The Morgan fingerprint density at radius 1 is 0.931 bits per heavy atom. The maximum Gasteiger partial charge on any atom is 0.342 e. The van der Waals surface area contributed by atoms with Crippen LogP contribution >= 0.6 is 11.6 Å². The van der Waals surface area contributed by atoms with Gasteiger partial charge in [0.25, 0.3) is 5.91 Å². The summed E-state index contributed by atoms with van der Waals surface area (Å²) in [7, 11) is 0. The van der Waals surface area contributed by atoms with Gasteiger partial charge < -0.3 is 9.64 Å². The van der Waals surface area contributed by atoms with Gasteiger partial charge in [0, 0.05) is 19.3 Å². The molecule has 0 saturated carbocycles. The van der Waals surface area contributed by atoms with E-state index >= 15 is 0 Å². The van der Waals surface area contributed by atoms with E-state index in [0.717, 1.165) is 11.1 Å². The van der Waals surface area contributed by atoms with E-state index in [9.17, 15) is 9.59 Å². The number of nitrogens with zero attached hydrogens (tertiary/aromatic N) is 2. The second-order valence-corrected chi connectivity index (χ2v) is 6.91. The van der Waals surface area contributed by atoms with Crippen LogP contribution in [0.25, 0.3) is 0 Å². The number of aromatic nitrogens is 1. The molecule has 1 atom stereocenters. The maximum absolute atomic E-state index is 13.1. The van der Waals surface area contributed by atoms with Crippen LogP contribution in [0, 0.1) is 0 Å². The topological polar surface area (TPSA) is 59.5 Å². The number of pyridine rings is 1. The molecule has 5 nitrogen and oxygen atoms in total. The molecule has 0 fully saturated rings. The normalized spacial score (nSPS) is 11.5. The summed E-state index contributed by atoms with van der Waals surface area (Å²) in [5.41, 5.74) is 2.11. The quantitative estimate of drug-likeness (QED) is 0.426. The predicted molar refractivity (Wildman–Crippen MR) is 111 cm³/mol. The van der Waals surface area contributed by atoms with E-state index in [-0.39, 0.29) is 16.6 Å². The maximum atomic E-state index is 13.1. The smallest absolute Gasteiger partial charge is 0.342 e. The Morgan fingerprint density at radius 2 is 1.48 bits per heavy atom. The van der Waals surface area contributed by atoms with Crippen LogP contribution in [0.5, 0.6) is 0 Å². The lowest BCUT2D eigenvalue weighted by atomic mass is 10.1. The summed E-state index contributed by atoms with van der Waals surface area (Å²) in [6.07, 6.45) is 0.515. The standard InChI is InChI=1S/C23H21ClN2O3/c1-17(29-23(28)20-13-8-14-25-21(20)24)22(27)26(15-18-9-4-2-5-10-18)16-19-11-6-3-7-12-19/h2-14,17H,15-16H2,1H3/t17-/m0/s1. The summed E-state index contributed by atoms with van der Waals surface area (Å²) in [6.45, 7) is 2.38. The Morgan fingerprint density at radius 3 is 2.00 bits per heavy atom. The molecule has 0 aliphatic carbocycles. The van der Waals surface area contributed by atoms with E-state index in [4.69, 9.17) is 16.3 Å². The monoisotopic (exact) mass is 408 g/mol. The average Bonchev–Trinajstić information content (AvgIpc) is 2.74. The third-order valence-electron chi connectivity index (χ3n) is 4.35. The van der Waals surface area contributed by atoms with Crippen molar-refractivity contribution in [2.75, 3.05) is 0 Å². The highest BCUT2D eigenvalue weighted by molar-refractivity contribution is 6.32. The third kappa shape index (κ3) is 5.65. The molecule has 6 heteroatoms. The molecular formula is C23H21ClN2O3. The molecule has 3 aromatic rings. The van der Waals surface area contributed by atoms with Gasteiger partial charge >= 0.3 is 5.97 Å². The molecular weight excluding hydrogens is 388 g/mol. The molecule has 2 aromatic carbocycles. The largest absolute Gasteiger partial charge is 0.449 e. The lowest BCUT2D eigenvalue weighted by Gasteiger charge is -2.26. The van der Waals surface area contributed by atoms with E-state index in [0.29, 0.717) is 13.1 Å². The first-order valence-corrected chi connectivity index (χ1v) is 9.60. The first-order valence-electron chi connectivity index (χ1n) is 9.22. The Bertz CT molecular complexity index is 923. The first-order chi connectivity index (χ1) is 14.0. The number of hydrogen-bond acceptors (Lipinski definition) is 4. The number of benzene rings is 2. The van der Waals surface area contributed by atoms with Crippen molar-refractivity contribution in [1.82, 2.24) is 9.88 Å². The van der Waals surface area contributed by atoms with E-state index in [1.807, 2.05) is 60.7 Å². The number of hydrogen-bond donors (Lipinski definition) is 0. The number of rotatable bonds is 7. The highest BCUT2D eigenvalue weighted by Gasteiger charge is 2.25. The van der Waals surface area contributed by atoms with Crippen molar-refractivity contribution in [3.8, 4) is 0 Å². The van der Waals surface area contributed by atoms with E-state index < -0.39 is 12.1 Å². The van der Waals surface area contributed by atoms with Crippen molar-refractivity contribution in [1.29, 1.82) is 0 Å². The van der Waals surface area contributed by atoms with Crippen molar-refractivity contribution in [3.05, 3.63) is 101 Å². The van der Waals surface area contributed by atoms with Crippen molar-refractivity contribution < 1.29 is 14.3 Å². The number of carbonyl (C=O) groups excluding carboxylic acids is 2. The van der Waals surface area contributed by atoms with Crippen molar-refractivity contribution in [2.45, 2.75) is 26.1 Å². The molecule has 0 radical (unpaired) electrons. The molecule has 0 aliphatic rings. The van der Waals surface area contributed by atoms with Gasteiger partial charge in [-0.1, -0.05) is 72.3 Å². The minimum atomic E-state index is -0.966. The second-order valence-electron chi connectivity index (χ2n) is 6.55. The molecule has 3 rings (SSSR count). The van der Waals surface area contributed by atoms with Crippen LogP contribution < -0.4 is 0 Å². The molecule has 0 aliphatic heterocycles. The predicted octanol–water partition coefficient (Wildman–Crippen LogP) is 4.51. The van der Waals surface area contributed by atoms with Gasteiger partial charge in [-0.3, -0.25) is 4.79 Å². The van der Waals surface area contributed by atoms with Crippen molar-refractivity contribution in [2.24, 2.45) is 0 Å². The van der Waals surface area contributed by atoms with Gasteiger partial charge in [-0.05, 0) is 30.2 Å². The number of carbonyl (C=O) groups is 2. The number of ether oxygens (including phenoxy) is 1. The summed E-state index contributed by atoms with van der Waals surface area (Å²) in [4.78, 5) is 31.0. The molecule has 0 spiro atoms. The molecule has 1 aromatic heterocycles. The molecule has 0 saturated heterocycles. The third-order valence-corrected chi connectivity index (χ3v) is 4.66. The zero-order chi connectivity index (χ0) is 20.6. The van der Waals surface area contributed by atoms with Crippen LogP contribution in [-0.2, 0) is 22.6 Å². The Kier molecular flexibility index (Phi) is 6.98. The van der Waals surface area contributed by atoms with Crippen LogP contribution in [0.4, 0.5) is 0 Å². The van der Waals surface area contributed by atoms with E-state index in [1.54, 1.807) is 17.9 Å². The van der Waals surface area contributed by atoms with Gasteiger partial charge in [-0.2, -0.15) is 0 Å². The van der Waals surface area contributed by atoms with Gasteiger partial charge in [-0.25, -0.2) is 9.78 Å². The van der Waals surface area contributed by atoms with Gasteiger partial charge in [-0.15, -0.1) is 0 Å². The fraction of sp³-hybridized carbons (Fsp3) is 0.174. The molecule has 1 amide bonds.